The van der Waals surface area contributed by atoms with Crippen LogP contribution >= 0.6 is 11.3 Å². The van der Waals surface area contributed by atoms with Crippen LogP contribution in [0.3, 0.4) is 0 Å². The molecule has 3 aromatic heterocycles. The molecule has 0 unspecified atom stereocenters. The second kappa shape index (κ2) is 6.81. The van der Waals surface area contributed by atoms with Gasteiger partial charge < -0.3 is 11.1 Å². The van der Waals surface area contributed by atoms with Crippen molar-refractivity contribution in [3.05, 3.63) is 34.8 Å². The lowest BCUT2D eigenvalue weighted by atomic mass is 10.0. The van der Waals surface area contributed by atoms with Gasteiger partial charge in [0.2, 0.25) is 0 Å². The summed E-state index contributed by atoms with van der Waals surface area (Å²) in [5, 5.41) is 8.21. The molecule has 0 aliphatic heterocycles. The van der Waals surface area contributed by atoms with E-state index < -0.39 is 5.54 Å². The van der Waals surface area contributed by atoms with Crippen LogP contribution in [0, 0.1) is 6.92 Å². The summed E-state index contributed by atoms with van der Waals surface area (Å²) in [6.07, 6.45) is 1.72. The van der Waals surface area contributed by atoms with Crippen molar-refractivity contribution in [2.75, 3.05) is 6.54 Å². The highest BCUT2D eigenvalue weighted by atomic mass is 32.1. The van der Waals surface area contributed by atoms with E-state index >= 15 is 0 Å². The molecule has 6 nitrogen and oxygen atoms in total. The summed E-state index contributed by atoms with van der Waals surface area (Å²) in [4.78, 5) is 20.0. The van der Waals surface area contributed by atoms with Gasteiger partial charge in [-0.05, 0) is 52.8 Å². The van der Waals surface area contributed by atoms with Crippen LogP contribution in [0.25, 0.3) is 21.6 Å². The molecule has 0 saturated carbocycles. The smallest absolute Gasteiger partial charge is 0.252 e. The Hall–Kier alpha value is -2.25. The first-order chi connectivity index (χ1) is 12.2. The zero-order valence-corrected chi connectivity index (χ0v) is 16.6. The van der Waals surface area contributed by atoms with Crippen molar-refractivity contribution in [1.82, 2.24) is 20.1 Å². The summed E-state index contributed by atoms with van der Waals surface area (Å²) < 4.78 is 1.85. The van der Waals surface area contributed by atoms with Crippen LogP contribution in [0.1, 0.15) is 49.0 Å². The number of hydrogen-bond acceptors (Lipinski definition) is 5. The molecule has 0 aliphatic rings. The van der Waals surface area contributed by atoms with Crippen LogP contribution in [0.2, 0.25) is 0 Å². The van der Waals surface area contributed by atoms with Gasteiger partial charge >= 0.3 is 0 Å². The second-order valence-electron chi connectivity index (χ2n) is 7.43. The van der Waals surface area contributed by atoms with Gasteiger partial charge in [0.25, 0.3) is 5.91 Å². The Bertz CT molecular complexity index is 954. The van der Waals surface area contributed by atoms with Crippen molar-refractivity contribution in [3.63, 3.8) is 0 Å². The van der Waals surface area contributed by atoms with E-state index in [1.807, 2.05) is 44.5 Å². The number of carbonyl (C=O) groups excluding carboxylic acids is 1. The van der Waals surface area contributed by atoms with E-state index in [9.17, 15) is 4.79 Å². The highest BCUT2D eigenvalue weighted by Crippen LogP contribution is 2.30. The molecule has 0 atom stereocenters. The first kappa shape index (κ1) is 18.5. The van der Waals surface area contributed by atoms with Crippen LogP contribution in [0.4, 0.5) is 0 Å². The first-order valence-corrected chi connectivity index (χ1v) is 9.51. The van der Waals surface area contributed by atoms with Crippen LogP contribution in [-0.2, 0) is 0 Å². The number of thiophene rings is 1. The Morgan fingerprint density at radius 3 is 2.69 bits per heavy atom. The molecule has 3 rings (SSSR count). The van der Waals surface area contributed by atoms with E-state index in [-0.39, 0.29) is 11.9 Å². The Kier molecular flexibility index (Phi) is 4.86. The minimum atomic E-state index is -0.486. The molecule has 3 aromatic rings. The van der Waals surface area contributed by atoms with Crippen LogP contribution < -0.4 is 11.1 Å². The zero-order chi connectivity index (χ0) is 19.1. The molecule has 3 N–H and O–H groups in total. The fraction of sp³-hybridized carbons (Fsp3) is 0.421. The summed E-state index contributed by atoms with van der Waals surface area (Å²) in [5.74, 6) is -0.161. The molecule has 7 heteroatoms. The van der Waals surface area contributed by atoms with E-state index in [1.165, 1.54) is 4.88 Å². The average molecular weight is 372 g/mol. The van der Waals surface area contributed by atoms with Crippen molar-refractivity contribution in [1.29, 1.82) is 0 Å². The Morgan fingerprint density at radius 2 is 2.12 bits per heavy atom. The SMILES string of the molecule is Cc1ccc(-c2cc(C(=O)NC(C)(C)CN)c3cnn(C(C)C)c3n2)s1. The predicted molar refractivity (Wildman–Crippen MR) is 107 cm³/mol. The number of carbonyl (C=O) groups is 1. The molecule has 0 aromatic carbocycles. The molecule has 3 heterocycles. The number of nitrogens with zero attached hydrogens (tertiary/aromatic N) is 3. The van der Waals surface area contributed by atoms with Gasteiger partial charge in [-0.1, -0.05) is 0 Å². The average Bonchev–Trinajstić information content (AvgIpc) is 3.19. The topological polar surface area (TPSA) is 85.8 Å². The lowest BCUT2D eigenvalue weighted by Gasteiger charge is -2.24. The molecular weight excluding hydrogens is 346 g/mol. The molecule has 0 bridgehead atoms. The number of rotatable bonds is 5. The minimum Gasteiger partial charge on any atom is -0.346 e. The van der Waals surface area contributed by atoms with E-state index in [1.54, 1.807) is 17.5 Å². The molecule has 0 saturated heterocycles. The Labute approximate surface area is 157 Å². The van der Waals surface area contributed by atoms with Crippen LogP contribution in [0.5, 0.6) is 0 Å². The summed E-state index contributed by atoms with van der Waals surface area (Å²) in [5.41, 5.74) is 7.37. The Balaban J connectivity index is 2.18. The number of nitrogens with one attached hydrogen (secondary N) is 1. The maximum absolute atomic E-state index is 13.0. The third kappa shape index (κ3) is 3.50. The van der Waals surface area contributed by atoms with Crippen molar-refractivity contribution in [2.24, 2.45) is 5.73 Å². The minimum absolute atomic E-state index is 0.150. The molecule has 0 aliphatic carbocycles. The van der Waals surface area contributed by atoms with Crippen molar-refractivity contribution < 1.29 is 4.79 Å². The standard InChI is InChI=1S/C19H25N5OS/c1-11(2)24-17-14(9-21-24)13(18(25)23-19(4,5)10-20)8-15(22-17)16-7-6-12(3)26-16/h6-9,11H,10,20H2,1-5H3,(H,23,25). The molecule has 0 spiro atoms. The molecule has 1 amide bonds. The summed E-state index contributed by atoms with van der Waals surface area (Å²) in [6.45, 7) is 10.3. The molecule has 26 heavy (non-hydrogen) atoms. The normalized spacial score (nSPS) is 12.1. The van der Waals surface area contributed by atoms with E-state index in [4.69, 9.17) is 10.7 Å². The number of aryl methyl sites for hydroxylation is 1. The van der Waals surface area contributed by atoms with Crippen LogP contribution in [0.15, 0.2) is 24.4 Å². The van der Waals surface area contributed by atoms with Gasteiger partial charge in [0.05, 0.1) is 27.7 Å². The number of aromatic nitrogens is 3. The van der Waals surface area contributed by atoms with Gasteiger partial charge in [0.15, 0.2) is 5.65 Å². The fourth-order valence-electron chi connectivity index (χ4n) is 2.71. The molecular formula is C19H25N5OS. The molecule has 138 valence electrons. The number of pyridine rings is 1. The number of fused-ring (bicyclic) bond motifs is 1. The van der Waals surface area contributed by atoms with E-state index in [0.29, 0.717) is 12.1 Å². The van der Waals surface area contributed by atoms with E-state index in [2.05, 4.69) is 23.4 Å². The predicted octanol–water partition coefficient (Wildman–Crippen LogP) is 3.52. The number of nitrogens with two attached hydrogens (primary N) is 1. The summed E-state index contributed by atoms with van der Waals surface area (Å²) in [6, 6.07) is 6.09. The van der Waals surface area contributed by atoms with Gasteiger partial charge in [-0.2, -0.15) is 5.10 Å². The van der Waals surface area contributed by atoms with Crippen molar-refractivity contribution in [2.45, 2.75) is 46.2 Å². The Morgan fingerprint density at radius 1 is 1.38 bits per heavy atom. The summed E-state index contributed by atoms with van der Waals surface area (Å²) in [7, 11) is 0. The monoisotopic (exact) mass is 371 g/mol. The van der Waals surface area contributed by atoms with E-state index in [0.717, 1.165) is 21.6 Å². The number of hydrogen-bond donors (Lipinski definition) is 2. The largest absolute Gasteiger partial charge is 0.346 e. The van der Waals surface area contributed by atoms with Gasteiger partial charge in [-0.3, -0.25) is 4.79 Å². The first-order valence-electron chi connectivity index (χ1n) is 8.69. The van der Waals surface area contributed by atoms with Gasteiger partial charge in [0, 0.05) is 23.0 Å². The number of amides is 1. The van der Waals surface area contributed by atoms with Gasteiger partial charge in [-0.15, -0.1) is 11.3 Å². The molecule has 0 radical (unpaired) electrons. The van der Waals surface area contributed by atoms with Crippen LogP contribution in [-0.4, -0.2) is 32.8 Å². The second-order valence-corrected chi connectivity index (χ2v) is 8.72. The fourth-order valence-corrected chi connectivity index (χ4v) is 3.54. The van der Waals surface area contributed by atoms with Gasteiger partial charge in [-0.25, -0.2) is 9.67 Å². The lowest BCUT2D eigenvalue weighted by molar-refractivity contribution is 0.0917. The quantitative estimate of drug-likeness (QED) is 0.718. The summed E-state index contributed by atoms with van der Waals surface area (Å²) >= 11 is 1.66. The third-order valence-electron chi connectivity index (χ3n) is 4.26. The highest BCUT2D eigenvalue weighted by molar-refractivity contribution is 7.15. The van der Waals surface area contributed by atoms with Crippen molar-refractivity contribution >= 4 is 28.3 Å². The van der Waals surface area contributed by atoms with Crippen molar-refractivity contribution in [3.8, 4) is 10.6 Å². The zero-order valence-electron chi connectivity index (χ0n) is 15.8. The highest BCUT2D eigenvalue weighted by Gasteiger charge is 2.23. The maximum Gasteiger partial charge on any atom is 0.252 e. The maximum atomic E-state index is 13.0. The molecule has 0 fully saturated rings. The van der Waals surface area contributed by atoms with Gasteiger partial charge in [0.1, 0.15) is 0 Å². The lowest BCUT2D eigenvalue weighted by Crippen LogP contribution is -2.48. The third-order valence-corrected chi connectivity index (χ3v) is 5.28.